The Morgan fingerprint density at radius 1 is 1.50 bits per heavy atom. The van der Waals surface area contributed by atoms with Gasteiger partial charge in [0.1, 0.15) is 0 Å². The highest BCUT2D eigenvalue weighted by Crippen LogP contribution is 2.28. The molecule has 1 N–H and O–H groups in total. The molecule has 1 aromatic carbocycles. The predicted molar refractivity (Wildman–Crippen MR) is 62.7 cm³/mol. The van der Waals surface area contributed by atoms with Crippen LogP contribution in [0.2, 0.25) is 0 Å². The van der Waals surface area contributed by atoms with E-state index in [0.29, 0.717) is 6.42 Å². The van der Waals surface area contributed by atoms with Crippen molar-refractivity contribution in [2.75, 3.05) is 5.32 Å². The number of halogens is 1. The van der Waals surface area contributed by atoms with E-state index < -0.39 is 0 Å². The van der Waals surface area contributed by atoms with Crippen LogP contribution in [0.4, 0.5) is 5.69 Å². The quantitative estimate of drug-likeness (QED) is 0.824. The van der Waals surface area contributed by atoms with E-state index in [9.17, 15) is 4.79 Å². The van der Waals surface area contributed by atoms with Crippen LogP contribution in [0.15, 0.2) is 24.3 Å². The van der Waals surface area contributed by atoms with Gasteiger partial charge < -0.3 is 5.32 Å². The summed E-state index contributed by atoms with van der Waals surface area (Å²) >= 11 is 3.49. The van der Waals surface area contributed by atoms with Crippen LogP contribution in [0.25, 0.3) is 0 Å². The number of rotatable bonds is 3. The van der Waals surface area contributed by atoms with Gasteiger partial charge in [0.2, 0.25) is 5.91 Å². The summed E-state index contributed by atoms with van der Waals surface area (Å²) in [6, 6.07) is 7.81. The van der Waals surface area contributed by atoms with Gasteiger partial charge >= 0.3 is 0 Å². The van der Waals surface area contributed by atoms with Gasteiger partial charge in [0.05, 0.1) is 0 Å². The van der Waals surface area contributed by atoms with Gasteiger partial charge in [0.25, 0.3) is 0 Å². The highest BCUT2D eigenvalue weighted by molar-refractivity contribution is 9.09. The first-order valence-corrected chi connectivity index (χ1v) is 5.59. The zero-order valence-corrected chi connectivity index (χ0v) is 9.97. The number of alkyl halides is 1. The number of benzene rings is 1. The van der Waals surface area contributed by atoms with Gasteiger partial charge in [-0.2, -0.15) is 0 Å². The smallest absolute Gasteiger partial charge is 0.224 e. The maximum absolute atomic E-state index is 11.2. The predicted octanol–water partition coefficient (Wildman–Crippen LogP) is 3.49. The molecule has 0 saturated heterocycles. The van der Waals surface area contributed by atoms with Crippen molar-refractivity contribution >= 4 is 27.5 Å². The van der Waals surface area contributed by atoms with Crippen LogP contribution < -0.4 is 5.32 Å². The Balaban J connectivity index is 2.90. The molecular weight excluding hydrogens is 242 g/mol. The van der Waals surface area contributed by atoms with Gasteiger partial charge in [-0.3, -0.25) is 4.79 Å². The van der Waals surface area contributed by atoms with Crippen molar-refractivity contribution in [2.24, 2.45) is 0 Å². The number of anilines is 1. The number of amides is 1. The molecule has 0 aliphatic carbocycles. The zero-order chi connectivity index (χ0) is 10.6. The van der Waals surface area contributed by atoms with Crippen molar-refractivity contribution in [1.29, 1.82) is 0 Å². The normalized spacial score (nSPS) is 12.2. The van der Waals surface area contributed by atoms with Crippen LogP contribution in [0.5, 0.6) is 0 Å². The Morgan fingerprint density at radius 3 is 2.71 bits per heavy atom. The van der Waals surface area contributed by atoms with Crippen LogP contribution in [-0.2, 0) is 4.79 Å². The van der Waals surface area contributed by atoms with Gasteiger partial charge in [-0.25, -0.2) is 0 Å². The number of hydrogen-bond donors (Lipinski definition) is 1. The lowest BCUT2D eigenvalue weighted by Gasteiger charge is -2.11. The summed E-state index contributed by atoms with van der Waals surface area (Å²) in [5.41, 5.74) is 2.00. The Labute approximate surface area is 92.8 Å². The Hall–Kier alpha value is -0.830. The van der Waals surface area contributed by atoms with Gasteiger partial charge in [0, 0.05) is 16.9 Å². The van der Waals surface area contributed by atoms with Crippen molar-refractivity contribution in [3.63, 3.8) is 0 Å². The first kappa shape index (κ1) is 11.2. The molecule has 1 aromatic rings. The summed E-state index contributed by atoms with van der Waals surface area (Å²) in [7, 11) is 0. The van der Waals surface area contributed by atoms with Crippen molar-refractivity contribution in [3.05, 3.63) is 29.8 Å². The van der Waals surface area contributed by atoms with Crippen LogP contribution >= 0.6 is 15.9 Å². The maximum Gasteiger partial charge on any atom is 0.224 e. The van der Waals surface area contributed by atoms with Gasteiger partial charge in [-0.15, -0.1) is 0 Å². The fourth-order valence-electron chi connectivity index (χ4n) is 1.20. The number of nitrogens with one attached hydrogen (secondary N) is 1. The number of carbonyl (C=O) groups excluding carboxylic acids is 1. The van der Waals surface area contributed by atoms with Gasteiger partial charge in [0.15, 0.2) is 0 Å². The first-order chi connectivity index (χ1) is 6.65. The molecule has 2 nitrogen and oxygen atoms in total. The minimum Gasteiger partial charge on any atom is -0.326 e. The molecule has 0 bridgehead atoms. The van der Waals surface area contributed by atoms with Crippen LogP contribution in [0, 0.1) is 0 Å². The van der Waals surface area contributed by atoms with Crippen molar-refractivity contribution in [1.82, 2.24) is 0 Å². The lowest BCUT2D eigenvalue weighted by Crippen LogP contribution is -2.11. The van der Waals surface area contributed by atoms with Gasteiger partial charge in [-0.1, -0.05) is 41.1 Å². The molecular formula is C11H14BrNO. The third kappa shape index (κ3) is 2.84. The summed E-state index contributed by atoms with van der Waals surface area (Å²) in [5.74, 6) is 0.0469. The summed E-state index contributed by atoms with van der Waals surface area (Å²) in [4.78, 5) is 11.5. The molecule has 1 unspecified atom stereocenters. The fourth-order valence-corrected chi connectivity index (χ4v) is 1.60. The highest BCUT2D eigenvalue weighted by atomic mass is 79.9. The lowest BCUT2D eigenvalue weighted by molar-refractivity contribution is -0.115. The number of carbonyl (C=O) groups is 1. The third-order valence-electron chi connectivity index (χ3n) is 1.98. The van der Waals surface area contributed by atoms with E-state index in [4.69, 9.17) is 0 Å². The molecule has 0 aliphatic rings. The third-order valence-corrected chi connectivity index (χ3v) is 2.48. The first-order valence-electron chi connectivity index (χ1n) is 4.68. The van der Waals surface area contributed by atoms with Crippen molar-refractivity contribution < 1.29 is 4.79 Å². The van der Waals surface area contributed by atoms with Crippen LogP contribution in [0.3, 0.4) is 0 Å². The highest BCUT2D eigenvalue weighted by Gasteiger charge is 2.08. The largest absolute Gasteiger partial charge is 0.326 e. The minimum atomic E-state index is 0.0469. The second-order valence-electron chi connectivity index (χ2n) is 3.10. The van der Waals surface area contributed by atoms with Crippen LogP contribution in [-0.4, -0.2) is 5.91 Å². The van der Waals surface area contributed by atoms with Gasteiger partial charge in [-0.05, 0) is 18.6 Å². The summed E-state index contributed by atoms with van der Waals surface area (Å²) in [6.07, 6.45) is 0.505. The summed E-state index contributed by atoms with van der Waals surface area (Å²) in [6.45, 7) is 3.88. The number of para-hydroxylation sites is 1. The fraction of sp³-hybridized carbons (Fsp3) is 0.364. The monoisotopic (exact) mass is 255 g/mol. The molecule has 0 aliphatic heterocycles. The van der Waals surface area contributed by atoms with E-state index in [-0.39, 0.29) is 10.7 Å². The molecule has 0 aromatic heterocycles. The molecule has 3 heteroatoms. The van der Waals surface area contributed by atoms with Crippen molar-refractivity contribution in [2.45, 2.75) is 25.1 Å². The summed E-state index contributed by atoms with van der Waals surface area (Å²) in [5, 5.41) is 2.87. The lowest BCUT2D eigenvalue weighted by atomic mass is 10.1. The molecule has 76 valence electrons. The standard InChI is InChI=1S/C11H14BrNO/c1-3-11(14)13-10-7-5-4-6-9(10)8(2)12/h4-8H,3H2,1-2H3,(H,13,14). The Bertz CT molecular complexity index is 323. The maximum atomic E-state index is 11.2. The Morgan fingerprint density at radius 2 is 2.14 bits per heavy atom. The van der Waals surface area contributed by atoms with Crippen molar-refractivity contribution in [3.8, 4) is 0 Å². The van der Waals surface area contributed by atoms with E-state index in [1.807, 2.05) is 38.1 Å². The molecule has 0 spiro atoms. The molecule has 0 saturated carbocycles. The molecule has 0 fully saturated rings. The van der Waals surface area contributed by atoms with Crippen LogP contribution in [0.1, 0.15) is 30.7 Å². The topological polar surface area (TPSA) is 29.1 Å². The van der Waals surface area contributed by atoms with E-state index in [1.165, 1.54) is 0 Å². The average molecular weight is 256 g/mol. The molecule has 1 atom stereocenters. The zero-order valence-electron chi connectivity index (χ0n) is 8.38. The molecule has 14 heavy (non-hydrogen) atoms. The van der Waals surface area contributed by atoms with E-state index >= 15 is 0 Å². The summed E-state index contributed by atoms with van der Waals surface area (Å²) < 4.78 is 0. The molecule has 1 rings (SSSR count). The van der Waals surface area contributed by atoms with E-state index in [2.05, 4.69) is 21.2 Å². The minimum absolute atomic E-state index is 0.0469. The molecule has 0 radical (unpaired) electrons. The average Bonchev–Trinajstić information content (AvgIpc) is 2.18. The van der Waals surface area contributed by atoms with E-state index in [0.717, 1.165) is 11.3 Å². The molecule has 0 heterocycles. The molecule has 1 amide bonds. The van der Waals surface area contributed by atoms with E-state index in [1.54, 1.807) is 0 Å². The SMILES string of the molecule is CCC(=O)Nc1ccccc1C(C)Br. The second-order valence-corrected chi connectivity index (χ2v) is 4.48. The number of hydrogen-bond acceptors (Lipinski definition) is 1. The Kier molecular flexibility index (Phi) is 4.14. The second kappa shape index (κ2) is 5.15.